The van der Waals surface area contributed by atoms with E-state index in [4.69, 9.17) is 0 Å². The first-order valence-corrected chi connectivity index (χ1v) is 12.7. The van der Waals surface area contributed by atoms with Crippen LogP contribution in [-0.4, -0.2) is 40.9 Å². The first-order chi connectivity index (χ1) is 15.7. The van der Waals surface area contributed by atoms with E-state index in [2.05, 4.69) is 26.5 Å². The number of anilines is 2. The van der Waals surface area contributed by atoms with E-state index in [9.17, 15) is 13.2 Å². The molecule has 0 unspecified atom stereocenters. The minimum atomic E-state index is -3.65. The van der Waals surface area contributed by atoms with Crippen LogP contribution in [0.5, 0.6) is 0 Å². The molecule has 0 aromatic heterocycles. The van der Waals surface area contributed by atoms with Gasteiger partial charge in [-0.15, -0.1) is 0 Å². The average molecular weight is 529 g/mol. The fourth-order valence-electron chi connectivity index (χ4n) is 3.21. The van der Waals surface area contributed by atoms with Gasteiger partial charge in [-0.1, -0.05) is 48.5 Å². The van der Waals surface area contributed by atoms with Crippen molar-refractivity contribution in [1.29, 1.82) is 0 Å². The van der Waals surface area contributed by atoms with Crippen molar-refractivity contribution in [2.75, 3.05) is 29.6 Å². The highest BCUT2D eigenvalue weighted by atomic mass is 79.9. The Hall–Kier alpha value is -3.17. The summed E-state index contributed by atoms with van der Waals surface area (Å²) < 4.78 is 27.3. The van der Waals surface area contributed by atoms with Crippen LogP contribution in [0.25, 0.3) is 0 Å². The van der Waals surface area contributed by atoms with Gasteiger partial charge < -0.3 is 4.90 Å². The molecular formula is C24H25BrN4O3S. The van der Waals surface area contributed by atoms with Crippen LogP contribution in [0.1, 0.15) is 21.5 Å². The number of benzene rings is 3. The molecule has 0 atom stereocenters. The normalized spacial score (nSPS) is 11.4. The van der Waals surface area contributed by atoms with E-state index in [0.717, 1.165) is 27.5 Å². The smallest absolute Gasteiger partial charge is 0.273 e. The van der Waals surface area contributed by atoms with Gasteiger partial charge in [0.1, 0.15) is 0 Å². The highest BCUT2D eigenvalue weighted by molar-refractivity contribution is 9.10. The number of para-hydroxylation sites is 1. The second-order valence-electron chi connectivity index (χ2n) is 7.58. The minimum absolute atomic E-state index is 0.111. The summed E-state index contributed by atoms with van der Waals surface area (Å²) in [5, 5.41) is 4.05. The predicted octanol–water partition coefficient (Wildman–Crippen LogP) is 4.25. The second-order valence-corrected chi connectivity index (χ2v) is 10.3. The average Bonchev–Trinajstić information content (AvgIpc) is 2.77. The van der Waals surface area contributed by atoms with Crippen LogP contribution in [-0.2, 0) is 16.6 Å². The van der Waals surface area contributed by atoms with Crippen LogP contribution < -0.4 is 14.6 Å². The molecule has 0 bridgehead atoms. The van der Waals surface area contributed by atoms with E-state index < -0.39 is 15.9 Å². The van der Waals surface area contributed by atoms with Crippen LogP contribution >= 0.6 is 15.9 Å². The molecule has 0 radical (unpaired) electrons. The maximum Gasteiger partial charge on any atom is 0.273 e. The molecule has 0 saturated carbocycles. The summed E-state index contributed by atoms with van der Waals surface area (Å²) in [5.41, 5.74) is 5.61. The molecule has 0 aliphatic rings. The van der Waals surface area contributed by atoms with Crippen LogP contribution in [0.15, 0.2) is 82.4 Å². The Morgan fingerprint density at radius 3 is 2.30 bits per heavy atom. The van der Waals surface area contributed by atoms with Crippen molar-refractivity contribution in [2.24, 2.45) is 5.10 Å². The molecule has 1 N–H and O–H groups in total. The summed E-state index contributed by atoms with van der Waals surface area (Å²) in [4.78, 5) is 14.9. The monoisotopic (exact) mass is 528 g/mol. The molecule has 7 nitrogen and oxygen atoms in total. The summed E-state index contributed by atoms with van der Waals surface area (Å²) in [6.07, 6.45) is 2.65. The molecule has 0 fully saturated rings. The van der Waals surface area contributed by atoms with Gasteiger partial charge in [0.15, 0.2) is 0 Å². The van der Waals surface area contributed by atoms with Gasteiger partial charge in [-0.2, -0.15) is 5.10 Å². The molecule has 172 valence electrons. The SMILES string of the molecule is CN(C)c1ccc(/C=N/NC(=O)c2ccccc2N(Cc2ccccc2)S(C)(=O)=O)cc1Br. The van der Waals surface area contributed by atoms with Gasteiger partial charge in [0.05, 0.1) is 36.0 Å². The van der Waals surface area contributed by atoms with E-state index in [1.54, 1.807) is 24.3 Å². The second kappa shape index (κ2) is 10.6. The summed E-state index contributed by atoms with van der Waals surface area (Å²) in [7, 11) is 0.249. The first kappa shape index (κ1) is 24.5. The van der Waals surface area contributed by atoms with Gasteiger partial charge in [-0.3, -0.25) is 9.10 Å². The summed E-state index contributed by atoms with van der Waals surface area (Å²) in [5.74, 6) is -0.507. The lowest BCUT2D eigenvalue weighted by Gasteiger charge is -2.24. The van der Waals surface area contributed by atoms with Gasteiger partial charge in [-0.25, -0.2) is 13.8 Å². The molecule has 0 aliphatic heterocycles. The molecule has 3 rings (SSSR count). The molecule has 3 aromatic rings. The number of rotatable bonds is 8. The standard InChI is InChI=1S/C24H25BrN4O3S/c1-28(2)23-14-13-19(15-21(23)25)16-26-27-24(30)20-11-7-8-12-22(20)29(33(3,31)32)17-18-9-5-4-6-10-18/h4-16H,17H2,1-3H3,(H,27,30)/b26-16+. The maximum absolute atomic E-state index is 12.9. The molecule has 3 aromatic carbocycles. The van der Waals surface area contributed by atoms with Gasteiger partial charge in [-0.05, 0) is 51.3 Å². The number of carbonyl (C=O) groups is 1. The summed E-state index contributed by atoms with van der Waals surface area (Å²) in [6.45, 7) is 0.111. The Bertz CT molecular complexity index is 1260. The van der Waals surface area contributed by atoms with E-state index >= 15 is 0 Å². The van der Waals surface area contributed by atoms with Crippen LogP contribution in [0, 0.1) is 0 Å². The zero-order valence-corrected chi connectivity index (χ0v) is 21.0. The number of hydrazone groups is 1. The van der Waals surface area contributed by atoms with Crippen molar-refractivity contribution in [3.63, 3.8) is 0 Å². The lowest BCUT2D eigenvalue weighted by molar-refractivity contribution is 0.0956. The number of hydrogen-bond donors (Lipinski definition) is 1. The van der Waals surface area contributed by atoms with Crippen LogP contribution in [0.2, 0.25) is 0 Å². The van der Waals surface area contributed by atoms with Crippen molar-refractivity contribution < 1.29 is 13.2 Å². The largest absolute Gasteiger partial charge is 0.377 e. The number of carbonyl (C=O) groups excluding carboxylic acids is 1. The summed E-state index contributed by atoms with van der Waals surface area (Å²) in [6, 6.07) is 21.5. The van der Waals surface area contributed by atoms with Crippen molar-refractivity contribution in [1.82, 2.24) is 5.43 Å². The minimum Gasteiger partial charge on any atom is -0.377 e. The Morgan fingerprint density at radius 2 is 1.67 bits per heavy atom. The molecule has 33 heavy (non-hydrogen) atoms. The summed E-state index contributed by atoms with van der Waals surface area (Å²) >= 11 is 3.52. The fraction of sp³-hybridized carbons (Fsp3) is 0.167. The molecule has 9 heteroatoms. The van der Waals surface area contributed by atoms with E-state index in [0.29, 0.717) is 0 Å². The van der Waals surface area contributed by atoms with Crippen molar-refractivity contribution in [2.45, 2.75) is 6.54 Å². The van der Waals surface area contributed by atoms with Crippen LogP contribution in [0.3, 0.4) is 0 Å². The molecule has 0 saturated heterocycles. The molecule has 0 aliphatic carbocycles. The number of hydrogen-bond acceptors (Lipinski definition) is 5. The third kappa shape index (κ3) is 6.43. The Kier molecular flexibility index (Phi) is 7.88. The highest BCUT2D eigenvalue weighted by Gasteiger charge is 2.23. The highest BCUT2D eigenvalue weighted by Crippen LogP contribution is 2.26. The van der Waals surface area contributed by atoms with Crippen molar-refractivity contribution in [3.05, 3.63) is 94.0 Å². The molecule has 0 spiro atoms. The third-order valence-corrected chi connectivity index (χ3v) is 6.58. The molecular weight excluding hydrogens is 504 g/mol. The first-order valence-electron chi connectivity index (χ1n) is 10.1. The molecule has 1 amide bonds. The predicted molar refractivity (Wildman–Crippen MR) is 137 cm³/mol. The van der Waals surface area contributed by atoms with Gasteiger partial charge in [0.2, 0.25) is 10.0 Å². The van der Waals surface area contributed by atoms with Gasteiger partial charge in [0.25, 0.3) is 5.91 Å². The molecule has 0 heterocycles. The Labute approximate surface area is 202 Å². The number of sulfonamides is 1. The zero-order valence-electron chi connectivity index (χ0n) is 18.6. The Balaban J connectivity index is 1.83. The fourth-order valence-corrected chi connectivity index (χ4v) is 4.86. The lowest BCUT2D eigenvalue weighted by Crippen LogP contribution is -2.32. The van der Waals surface area contributed by atoms with Gasteiger partial charge >= 0.3 is 0 Å². The number of nitrogens with one attached hydrogen (secondary N) is 1. The van der Waals surface area contributed by atoms with Crippen molar-refractivity contribution in [3.8, 4) is 0 Å². The number of nitrogens with zero attached hydrogens (tertiary/aromatic N) is 3. The topological polar surface area (TPSA) is 82.1 Å². The number of amides is 1. The van der Waals surface area contributed by atoms with Crippen molar-refractivity contribution >= 4 is 49.4 Å². The zero-order chi connectivity index (χ0) is 24.0. The van der Waals surface area contributed by atoms with Crippen LogP contribution in [0.4, 0.5) is 11.4 Å². The van der Waals surface area contributed by atoms with E-state index in [-0.39, 0.29) is 17.8 Å². The van der Waals surface area contributed by atoms with E-state index in [1.165, 1.54) is 10.5 Å². The maximum atomic E-state index is 12.9. The van der Waals surface area contributed by atoms with Gasteiger partial charge in [0, 0.05) is 18.6 Å². The Morgan fingerprint density at radius 1 is 1.00 bits per heavy atom. The third-order valence-electron chi connectivity index (χ3n) is 4.82. The lowest BCUT2D eigenvalue weighted by atomic mass is 10.1. The van der Waals surface area contributed by atoms with E-state index in [1.807, 2.05) is 67.5 Å². The quantitative estimate of drug-likeness (QED) is 0.350. The number of halogens is 1.